The van der Waals surface area contributed by atoms with Crippen LogP contribution in [0.1, 0.15) is 15.9 Å². The van der Waals surface area contributed by atoms with Crippen molar-refractivity contribution in [1.29, 1.82) is 0 Å². The fourth-order valence-corrected chi connectivity index (χ4v) is 1.99. The van der Waals surface area contributed by atoms with E-state index < -0.39 is 5.91 Å². The number of nitrogens with zero attached hydrogens (tertiary/aromatic N) is 1. The molecule has 104 valence electrons. The van der Waals surface area contributed by atoms with Crippen LogP contribution in [0.5, 0.6) is 0 Å². The zero-order valence-electron chi connectivity index (χ0n) is 10.6. The quantitative estimate of drug-likeness (QED) is 0.593. The summed E-state index contributed by atoms with van der Waals surface area (Å²) in [6.07, 6.45) is 1.51. The minimum Gasteiger partial charge on any atom is -0.322 e. The molecule has 0 aliphatic carbocycles. The summed E-state index contributed by atoms with van der Waals surface area (Å²) >= 11 is 3.23. The molecule has 1 heterocycles. The topological polar surface area (TPSA) is 80.0 Å². The molecule has 0 atom stereocenters. The molecule has 5 nitrogen and oxygen atoms in total. The van der Waals surface area contributed by atoms with Gasteiger partial charge in [0, 0.05) is 21.9 Å². The number of hydrogen-bond donors (Lipinski definition) is 3. The number of pyridine rings is 1. The molecular weight excluding hydrogens is 327 g/mol. The van der Waals surface area contributed by atoms with E-state index in [2.05, 4.69) is 31.7 Å². The second-order valence-electron chi connectivity index (χ2n) is 4.06. The molecule has 0 aliphatic heterocycles. The predicted molar refractivity (Wildman–Crippen MR) is 78.8 cm³/mol. The molecule has 4 N–H and O–H groups in total. The Morgan fingerprint density at radius 2 is 2.20 bits per heavy atom. The lowest BCUT2D eigenvalue weighted by molar-refractivity contribution is 0.102. The number of carbonyl (C=O) groups is 1. The number of aromatic nitrogens is 1. The lowest BCUT2D eigenvalue weighted by Gasteiger charge is -2.11. The summed E-state index contributed by atoms with van der Waals surface area (Å²) in [7, 11) is 0. The predicted octanol–water partition coefficient (Wildman–Crippen LogP) is 2.83. The van der Waals surface area contributed by atoms with Gasteiger partial charge in [-0.05, 0) is 41.1 Å². The summed E-state index contributed by atoms with van der Waals surface area (Å²) in [5.74, 6) is 4.74. The summed E-state index contributed by atoms with van der Waals surface area (Å²) in [6, 6.07) is 6.06. The maximum absolute atomic E-state index is 13.4. The number of anilines is 2. The molecule has 2 aromatic rings. The number of amides is 1. The molecule has 20 heavy (non-hydrogen) atoms. The van der Waals surface area contributed by atoms with Gasteiger partial charge in [-0.25, -0.2) is 15.2 Å². The van der Waals surface area contributed by atoms with Crippen LogP contribution in [-0.2, 0) is 0 Å². The molecule has 1 aromatic carbocycles. The molecule has 7 heteroatoms. The highest BCUT2D eigenvalue weighted by atomic mass is 79.9. The highest BCUT2D eigenvalue weighted by Gasteiger charge is 2.14. The van der Waals surface area contributed by atoms with Crippen molar-refractivity contribution in [2.24, 2.45) is 5.84 Å². The Morgan fingerprint density at radius 3 is 2.90 bits per heavy atom. The van der Waals surface area contributed by atoms with E-state index in [1.807, 2.05) is 0 Å². The van der Waals surface area contributed by atoms with Crippen LogP contribution in [0.3, 0.4) is 0 Å². The first kappa shape index (κ1) is 14.4. The fourth-order valence-electron chi connectivity index (χ4n) is 1.66. The largest absolute Gasteiger partial charge is 0.322 e. The molecule has 1 aromatic heterocycles. The maximum Gasteiger partial charge on any atom is 0.259 e. The highest BCUT2D eigenvalue weighted by molar-refractivity contribution is 9.10. The highest BCUT2D eigenvalue weighted by Crippen LogP contribution is 2.21. The summed E-state index contributed by atoms with van der Waals surface area (Å²) < 4.78 is 14.1. The van der Waals surface area contributed by atoms with Crippen LogP contribution in [0, 0.1) is 12.7 Å². The van der Waals surface area contributed by atoms with E-state index in [9.17, 15) is 9.18 Å². The van der Waals surface area contributed by atoms with Gasteiger partial charge >= 0.3 is 0 Å². The van der Waals surface area contributed by atoms with E-state index in [1.165, 1.54) is 18.3 Å². The minimum atomic E-state index is -0.430. The number of carbonyl (C=O) groups excluding carboxylic acids is 1. The lowest BCUT2D eigenvalue weighted by atomic mass is 10.1. The van der Waals surface area contributed by atoms with Gasteiger partial charge < -0.3 is 10.7 Å². The average molecular weight is 339 g/mol. The molecule has 0 saturated carbocycles. The van der Waals surface area contributed by atoms with Gasteiger partial charge in [0.25, 0.3) is 5.91 Å². The number of halogens is 2. The number of nitrogens with two attached hydrogens (primary N) is 1. The number of hydrogen-bond acceptors (Lipinski definition) is 4. The zero-order chi connectivity index (χ0) is 14.7. The van der Waals surface area contributed by atoms with Gasteiger partial charge in [0.05, 0.1) is 5.56 Å². The molecule has 0 fully saturated rings. The zero-order valence-corrected chi connectivity index (χ0v) is 12.2. The third-order valence-corrected chi connectivity index (χ3v) is 3.19. The Hall–Kier alpha value is -1.99. The first-order valence-corrected chi connectivity index (χ1v) is 6.51. The molecule has 1 amide bonds. The maximum atomic E-state index is 13.4. The van der Waals surface area contributed by atoms with Crippen molar-refractivity contribution in [3.8, 4) is 0 Å². The van der Waals surface area contributed by atoms with Crippen LogP contribution >= 0.6 is 15.9 Å². The van der Waals surface area contributed by atoms with Crippen LogP contribution < -0.4 is 16.6 Å². The van der Waals surface area contributed by atoms with Crippen molar-refractivity contribution in [3.63, 3.8) is 0 Å². The normalized spacial score (nSPS) is 10.2. The van der Waals surface area contributed by atoms with Crippen molar-refractivity contribution in [2.75, 3.05) is 10.7 Å². The van der Waals surface area contributed by atoms with Gasteiger partial charge in [-0.2, -0.15) is 0 Å². The van der Waals surface area contributed by atoms with Crippen molar-refractivity contribution in [1.82, 2.24) is 4.98 Å². The number of benzene rings is 1. The number of hydrazine groups is 1. The molecule has 0 unspecified atom stereocenters. The van der Waals surface area contributed by atoms with E-state index >= 15 is 0 Å². The fraction of sp³-hybridized carbons (Fsp3) is 0.0769. The second kappa shape index (κ2) is 5.98. The monoisotopic (exact) mass is 338 g/mol. The van der Waals surface area contributed by atoms with Gasteiger partial charge in [-0.15, -0.1) is 0 Å². The smallest absolute Gasteiger partial charge is 0.259 e. The SMILES string of the molecule is Cc1c(F)cccc1NC(=O)c1cc(Br)cnc1NN. The third-order valence-electron chi connectivity index (χ3n) is 2.75. The molecule has 0 spiro atoms. The molecule has 0 bridgehead atoms. The Balaban J connectivity index is 2.33. The third kappa shape index (κ3) is 2.94. The first-order chi connectivity index (χ1) is 9.52. The van der Waals surface area contributed by atoms with E-state index in [0.29, 0.717) is 15.7 Å². The Bertz CT molecular complexity index is 663. The van der Waals surface area contributed by atoms with Crippen molar-refractivity contribution < 1.29 is 9.18 Å². The van der Waals surface area contributed by atoms with Gasteiger partial charge in [0.15, 0.2) is 5.82 Å². The van der Waals surface area contributed by atoms with Crippen molar-refractivity contribution >= 4 is 33.3 Å². The molecule has 0 saturated heterocycles. The van der Waals surface area contributed by atoms with E-state index in [1.54, 1.807) is 19.1 Å². The molecule has 0 aliphatic rings. The van der Waals surface area contributed by atoms with Crippen LogP contribution in [0.25, 0.3) is 0 Å². The average Bonchev–Trinajstić information content (AvgIpc) is 2.43. The Labute approximate surface area is 123 Å². The van der Waals surface area contributed by atoms with Gasteiger partial charge in [-0.1, -0.05) is 6.07 Å². The number of nitrogen functional groups attached to an aromatic ring is 1. The van der Waals surface area contributed by atoms with E-state index in [0.717, 1.165) is 0 Å². The van der Waals surface area contributed by atoms with Gasteiger partial charge in [0.2, 0.25) is 0 Å². The summed E-state index contributed by atoms with van der Waals surface area (Å²) in [5, 5.41) is 2.63. The van der Waals surface area contributed by atoms with E-state index in [4.69, 9.17) is 5.84 Å². The van der Waals surface area contributed by atoms with Crippen LogP contribution in [0.4, 0.5) is 15.9 Å². The molecule has 2 rings (SSSR count). The van der Waals surface area contributed by atoms with Crippen LogP contribution in [0.15, 0.2) is 34.9 Å². The van der Waals surface area contributed by atoms with Crippen molar-refractivity contribution in [3.05, 3.63) is 51.9 Å². The standard InChI is InChI=1S/C13H12BrFN4O/c1-7-10(15)3-2-4-11(7)18-13(20)9-5-8(14)6-17-12(9)19-16/h2-6H,16H2,1H3,(H,17,19)(H,18,20). The summed E-state index contributed by atoms with van der Waals surface area (Å²) in [6.45, 7) is 1.59. The molecular formula is C13H12BrFN4O. The Kier molecular flexibility index (Phi) is 4.31. The number of nitrogens with one attached hydrogen (secondary N) is 2. The van der Waals surface area contributed by atoms with E-state index in [-0.39, 0.29) is 17.2 Å². The van der Waals surface area contributed by atoms with Gasteiger partial charge in [0.1, 0.15) is 5.82 Å². The Morgan fingerprint density at radius 1 is 1.45 bits per heavy atom. The van der Waals surface area contributed by atoms with Gasteiger partial charge in [-0.3, -0.25) is 4.79 Å². The summed E-state index contributed by atoms with van der Waals surface area (Å²) in [5.41, 5.74) is 3.37. The minimum absolute atomic E-state index is 0.236. The second-order valence-corrected chi connectivity index (χ2v) is 4.98. The van der Waals surface area contributed by atoms with Crippen LogP contribution in [0.2, 0.25) is 0 Å². The summed E-state index contributed by atoms with van der Waals surface area (Å²) in [4.78, 5) is 16.2. The first-order valence-electron chi connectivity index (χ1n) is 5.71. The lowest BCUT2D eigenvalue weighted by Crippen LogP contribution is -2.19. The van der Waals surface area contributed by atoms with Crippen molar-refractivity contribution in [2.45, 2.75) is 6.92 Å². The molecule has 0 radical (unpaired) electrons. The van der Waals surface area contributed by atoms with Crippen LogP contribution in [-0.4, -0.2) is 10.9 Å². The number of rotatable bonds is 3.